The lowest BCUT2D eigenvalue weighted by atomic mass is 9.78. The third kappa shape index (κ3) is 1.88. The van der Waals surface area contributed by atoms with E-state index < -0.39 is 5.92 Å². The Morgan fingerprint density at radius 2 is 2.00 bits per heavy atom. The molecule has 1 aromatic rings. The first-order valence-electron chi connectivity index (χ1n) is 6.61. The summed E-state index contributed by atoms with van der Waals surface area (Å²) in [4.78, 5) is 12.3. The number of rotatable bonds is 1. The number of ether oxygens (including phenoxy) is 1. The van der Waals surface area contributed by atoms with Crippen LogP contribution in [0.25, 0.3) is 0 Å². The summed E-state index contributed by atoms with van der Waals surface area (Å²) in [6.07, 6.45) is 1.97. The molecule has 0 amide bonds. The molecule has 2 N–H and O–H groups in total. The van der Waals surface area contributed by atoms with Gasteiger partial charge in [0.05, 0.1) is 5.92 Å². The Labute approximate surface area is 117 Å². The molecule has 0 saturated heterocycles. The highest BCUT2D eigenvalue weighted by Crippen LogP contribution is 2.43. The van der Waals surface area contributed by atoms with Crippen molar-refractivity contribution in [2.45, 2.75) is 25.2 Å². The van der Waals surface area contributed by atoms with Gasteiger partial charge >= 0.3 is 0 Å². The zero-order chi connectivity index (χ0) is 14.1. The van der Waals surface area contributed by atoms with Crippen LogP contribution in [0.3, 0.4) is 0 Å². The van der Waals surface area contributed by atoms with Gasteiger partial charge in [0.15, 0.2) is 5.78 Å². The lowest BCUT2D eigenvalue weighted by Crippen LogP contribution is -2.27. The summed E-state index contributed by atoms with van der Waals surface area (Å²) >= 11 is 0. The van der Waals surface area contributed by atoms with Crippen LogP contribution in [0.4, 0.5) is 0 Å². The van der Waals surface area contributed by atoms with Crippen LogP contribution in [0.2, 0.25) is 0 Å². The first kappa shape index (κ1) is 12.5. The first-order chi connectivity index (χ1) is 9.72. The normalized spacial score (nSPS) is 22.1. The number of hydrogen-bond donors (Lipinski definition) is 1. The molecule has 0 spiro atoms. The lowest BCUT2D eigenvalue weighted by Gasteiger charge is -2.30. The number of carbonyl (C=O) groups excluding carboxylic acids is 1. The van der Waals surface area contributed by atoms with Crippen LogP contribution in [0.5, 0.6) is 0 Å². The number of ketones is 1. The van der Waals surface area contributed by atoms with Gasteiger partial charge in [0.1, 0.15) is 17.4 Å². The second-order valence-corrected chi connectivity index (χ2v) is 4.95. The van der Waals surface area contributed by atoms with E-state index in [0.717, 1.165) is 12.0 Å². The maximum Gasteiger partial charge on any atom is 0.205 e. The molecule has 0 bridgehead atoms. The van der Waals surface area contributed by atoms with Crippen LogP contribution < -0.4 is 5.73 Å². The van der Waals surface area contributed by atoms with E-state index in [-0.39, 0.29) is 11.7 Å². The molecular formula is C16H14N2O2. The molecule has 100 valence electrons. The topological polar surface area (TPSA) is 76.1 Å². The molecule has 1 aromatic carbocycles. The van der Waals surface area contributed by atoms with Gasteiger partial charge in [0.25, 0.3) is 0 Å². The van der Waals surface area contributed by atoms with Crippen molar-refractivity contribution in [3.63, 3.8) is 0 Å². The highest BCUT2D eigenvalue weighted by Gasteiger charge is 2.37. The molecule has 0 saturated carbocycles. The summed E-state index contributed by atoms with van der Waals surface area (Å²) in [5.41, 5.74) is 7.69. The number of benzene rings is 1. The molecule has 4 heteroatoms. The van der Waals surface area contributed by atoms with Gasteiger partial charge in [-0.05, 0) is 12.0 Å². The van der Waals surface area contributed by atoms with Gasteiger partial charge in [0.2, 0.25) is 5.88 Å². The molecule has 0 radical (unpaired) electrons. The number of hydrogen-bond acceptors (Lipinski definition) is 4. The molecule has 1 aliphatic heterocycles. The average Bonchev–Trinajstić information content (AvgIpc) is 2.47. The smallest absolute Gasteiger partial charge is 0.205 e. The molecule has 1 heterocycles. The van der Waals surface area contributed by atoms with E-state index in [1.54, 1.807) is 0 Å². The van der Waals surface area contributed by atoms with E-state index in [4.69, 9.17) is 10.5 Å². The van der Waals surface area contributed by atoms with E-state index in [1.165, 1.54) is 0 Å². The van der Waals surface area contributed by atoms with Crippen molar-refractivity contribution in [2.75, 3.05) is 0 Å². The van der Waals surface area contributed by atoms with Crippen LogP contribution in [-0.2, 0) is 9.53 Å². The van der Waals surface area contributed by atoms with Gasteiger partial charge in [-0.1, -0.05) is 30.3 Å². The zero-order valence-electron chi connectivity index (χ0n) is 10.9. The number of Topliss-reactive ketones (excluding diaryl/α,β-unsaturated/α-hetero) is 1. The third-order valence-corrected chi connectivity index (χ3v) is 3.74. The summed E-state index contributed by atoms with van der Waals surface area (Å²) in [6, 6.07) is 11.6. The van der Waals surface area contributed by atoms with Crippen LogP contribution >= 0.6 is 0 Å². The molecule has 20 heavy (non-hydrogen) atoms. The predicted octanol–water partition coefficient (Wildman–Crippen LogP) is 2.50. The molecule has 2 aliphatic rings. The number of nitriles is 1. The van der Waals surface area contributed by atoms with Gasteiger partial charge < -0.3 is 10.5 Å². The molecule has 0 unspecified atom stereocenters. The summed E-state index contributed by atoms with van der Waals surface area (Å²) in [6.45, 7) is 0. The molecule has 1 atom stereocenters. The maximum absolute atomic E-state index is 12.3. The largest absolute Gasteiger partial charge is 0.444 e. The number of nitrogens with two attached hydrogens (primary N) is 1. The molecular weight excluding hydrogens is 252 g/mol. The fourth-order valence-electron chi connectivity index (χ4n) is 2.84. The van der Waals surface area contributed by atoms with E-state index >= 15 is 0 Å². The van der Waals surface area contributed by atoms with Crippen molar-refractivity contribution in [1.29, 1.82) is 5.26 Å². The summed E-state index contributed by atoms with van der Waals surface area (Å²) in [5, 5.41) is 9.37. The second-order valence-electron chi connectivity index (χ2n) is 4.95. The molecule has 0 fully saturated rings. The van der Waals surface area contributed by atoms with Crippen molar-refractivity contribution in [3.05, 3.63) is 58.7 Å². The Hall–Kier alpha value is -2.54. The SMILES string of the molecule is N#CC1=C(N)OC2=C(C(=O)CCC2)[C@H]1c1ccccc1. The quantitative estimate of drug-likeness (QED) is 0.847. The molecule has 1 aliphatic carbocycles. The third-order valence-electron chi connectivity index (χ3n) is 3.74. The molecule has 0 aromatic heterocycles. The highest BCUT2D eigenvalue weighted by atomic mass is 16.5. The van der Waals surface area contributed by atoms with E-state index in [1.807, 2.05) is 30.3 Å². The van der Waals surface area contributed by atoms with E-state index in [9.17, 15) is 10.1 Å². The van der Waals surface area contributed by atoms with Gasteiger partial charge in [-0.25, -0.2) is 0 Å². The van der Waals surface area contributed by atoms with Crippen LogP contribution in [-0.4, -0.2) is 5.78 Å². The first-order valence-corrected chi connectivity index (χ1v) is 6.61. The van der Waals surface area contributed by atoms with Crippen LogP contribution in [0, 0.1) is 11.3 Å². The van der Waals surface area contributed by atoms with Crippen molar-refractivity contribution in [2.24, 2.45) is 5.73 Å². The second kappa shape index (κ2) is 4.86. The fraction of sp³-hybridized carbons (Fsp3) is 0.250. The Balaban J connectivity index is 2.18. The van der Waals surface area contributed by atoms with Gasteiger partial charge in [0, 0.05) is 18.4 Å². The van der Waals surface area contributed by atoms with Crippen molar-refractivity contribution in [3.8, 4) is 6.07 Å². The number of nitrogens with zero attached hydrogens (tertiary/aromatic N) is 1. The minimum Gasteiger partial charge on any atom is -0.444 e. The highest BCUT2D eigenvalue weighted by molar-refractivity contribution is 5.99. The Bertz CT molecular complexity index is 665. The van der Waals surface area contributed by atoms with Crippen molar-refractivity contribution >= 4 is 5.78 Å². The van der Waals surface area contributed by atoms with E-state index in [0.29, 0.717) is 29.7 Å². The predicted molar refractivity (Wildman–Crippen MR) is 73.0 cm³/mol. The summed E-state index contributed by atoms with van der Waals surface area (Å²) in [7, 11) is 0. The van der Waals surface area contributed by atoms with Crippen molar-refractivity contribution in [1.82, 2.24) is 0 Å². The standard InChI is InChI=1S/C16H14N2O2/c17-9-11-14(10-5-2-1-3-6-10)15-12(19)7-4-8-13(15)20-16(11)18/h1-3,5-6,14H,4,7-8,18H2/t14-/m0/s1. The lowest BCUT2D eigenvalue weighted by molar-refractivity contribution is -0.116. The van der Waals surface area contributed by atoms with Gasteiger partial charge in [-0.2, -0.15) is 5.26 Å². The van der Waals surface area contributed by atoms with E-state index in [2.05, 4.69) is 6.07 Å². The number of allylic oxidation sites excluding steroid dienone is 3. The summed E-state index contributed by atoms with van der Waals surface area (Å²) < 4.78 is 5.51. The van der Waals surface area contributed by atoms with Gasteiger partial charge in [-0.15, -0.1) is 0 Å². The van der Waals surface area contributed by atoms with Crippen LogP contribution in [0.1, 0.15) is 30.7 Å². The van der Waals surface area contributed by atoms with Crippen LogP contribution in [0.15, 0.2) is 53.1 Å². The maximum atomic E-state index is 12.3. The Morgan fingerprint density at radius 3 is 2.70 bits per heavy atom. The number of carbonyl (C=O) groups is 1. The summed E-state index contributed by atoms with van der Waals surface area (Å²) in [5.74, 6) is 0.416. The molecule has 4 nitrogen and oxygen atoms in total. The molecule has 3 rings (SSSR count). The monoisotopic (exact) mass is 266 g/mol. The Kier molecular flexibility index (Phi) is 3.03. The zero-order valence-corrected chi connectivity index (χ0v) is 10.9. The average molecular weight is 266 g/mol. The fourth-order valence-corrected chi connectivity index (χ4v) is 2.84. The Morgan fingerprint density at radius 1 is 1.25 bits per heavy atom. The minimum absolute atomic E-state index is 0.0559. The van der Waals surface area contributed by atoms with Gasteiger partial charge in [-0.3, -0.25) is 4.79 Å². The van der Waals surface area contributed by atoms with Crippen molar-refractivity contribution < 1.29 is 9.53 Å². The minimum atomic E-state index is -0.391.